The van der Waals surface area contributed by atoms with Crippen molar-refractivity contribution in [3.05, 3.63) is 53.5 Å². The number of aromatic nitrogens is 2. The van der Waals surface area contributed by atoms with Crippen LogP contribution >= 0.6 is 0 Å². The Labute approximate surface area is 139 Å². The van der Waals surface area contributed by atoms with Gasteiger partial charge in [0.15, 0.2) is 0 Å². The van der Waals surface area contributed by atoms with E-state index in [1.54, 1.807) is 6.20 Å². The first-order valence-corrected chi connectivity index (χ1v) is 7.83. The average molecular weight is 325 g/mol. The Hall–Kier alpha value is -2.89. The summed E-state index contributed by atoms with van der Waals surface area (Å²) in [5, 5.41) is 9.19. The normalized spacial score (nSPS) is 14.1. The molecule has 0 spiro atoms. The van der Waals surface area contributed by atoms with Crippen LogP contribution in [0.1, 0.15) is 18.4 Å². The highest BCUT2D eigenvalue weighted by Crippen LogP contribution is 2.23. The Balaban J connectivity index is 2.23. The number of pyridine rings is 2. The zero-order valence-corrected chi connectivity index (χ0v) is 13.4. The molecule has 6 nitrogen and oxygen atoms in total. The lowest BCUT2D eigenvalue weighted by atomic mass is 10.1. The van der Waals surface area contributed by atoms with Gasteiger partial charge in [-0.3, -0.25) is 9.59 Å². The Morgan fingerprint density at radius 3 is 2.71 bits per heavy atom. The van der Waals surface area contributed by atoms with Crippen molar-refractivity contribution in [3.63, 3.8) is 0 Å². The summed E-state index contributed by atoms with van der Waals surface area (Å²) in [6.07, 6.45) is 6.93. The van der Waals surface area contributed by atoms with Gasteiger partial charge in [-0.15, -0.1) is 0 Å². The van der Waals surface area contributed by atoms with Crippen LogP contribution < -0.4 is 10.3 Å². The molecule has 0 atom stereocenters. The fourth-order valence-electron chi connectivity index (χ4n) is 3.01. The van der Waals surface area contributed by atoms with E-state index >= 15 is 0 Å². The zero-order valence-electron chi connectivity index (χ0n) is 13.4. The summed E-state index contributed by atoms with van der Waals surface area (Å²) in [7, 11) is 0. The molecule has 1 aliphatic heterocycles. The molecule has 0 amide bonds. The molecule has 3 heterocycles. The molecule has 0 unspecified atom stereocenters. The van der Waals surface area contributed by atoms with Crippen molar-refractivity contribution in [1.82, 2.24) is 9.55 Å². The lowest BCUT2D eigenvalue weighted by molar-refractivity contribution is -0.137. The standard InChI is InChI=1S/C18H19N3O3/c1-3-12(2)14-10-21(11-16(22)23)15-8-13(20-6-4-5-7-20)9-19-17(15)18(14)24/h3,8-10H,1-2,4-7,11H2,(H,22,23). The van der Waals surface area contributed by atoms with Gasteiger partial charge in [0.05, 0.1) is 17.4 Å². The Morgan fingerprint density at radius 1 is 1.38 bits per heavy atom. The van der Waals surface area contributed by atoms with Crippen LogP contribution in [0.15, 0.2) is 42.5 Å². The molecule has 24 heavy (non-hydrogen) atoms. The molecule has 6 heteroatoms. The van der Waals surface area contributed by atoms with Gasteiger partial charge < -0.3 is 14.6 Å². The largest absolute Gasteiger partial charge is 0.480 e. The summed E-state index contributed by atoms with van der Waals surface area (Å²) in [4.78, 5) is 30.4. The van der Waals surface area contributed by atoms with Crippen LogP contribution in [0.5, 0.6) is 0 Å². The quantitative estimate of drug-likeness (QED) is 0.854. The number of fused-ring (bicyclic) bond motifs is 1. The molecule has 1 saturated heterocycles. The molecule has 2 aromatic rings. The van der Waals surface area contributed by atoms with Crippen molar-refractivity contribution >= 4 is 28.3 Å². The minimum absolute atomic E-state index is 0.250. The molecule has 0 aliphatic carbocycles. The first-order chi connectivity index (χ1) is 11.5. The van der Waals surface area contributed by atoms with E-state index < -0.39 is 5.97 Å². The van der Waals surface area contributed by atoms with Gasteiger partial charge in [-0.1, -0.05) is 19.2 Å². The second kappa shape index (κ2) is 6.31. The number of hydrogen-bond acceptors (Lipinski definition) is 4. The fraction of sp³-hybridized carbons (Fsp3) is 0.278. The van der Waals surface area contributed by atoms with Crippen LogP contribution in [0.4, 0.5) is 5.69 Å². The van der Waals surface area contributed by atoms with E-state index in [0.29, 0.717) is 16.7 Å². The third-order valence-corrected chi connectivity index (χ3v) is 4.28. The van der Waals surface area contributed by atoms with Crippen molar-refractivity contribution < 1.29 is 9.90 Å². The van der Waals surface area contributed by atoms with Crippen LogP contribution in [-0.4, -0.2) is 33.7 Å². The van der Waals surface area contributed by atoms with Gasteiger partial charge in [-0.05, 0) is 24.5 Å². The summed E-state index contributed by atoms with van der Waals surface area (Å²) in [6.45, 7) is 9.06. The lowest BCUT2D eigenvalue weighted by Crippen LogP contribution is -2.21. The van der Waals surface area contributed by atoms with Crippen LogP contribution in [0.2, 0.25) is 0 Å². The maximum Gasteiger partial charge on any atom is 0.323 e. The Morgan fingerprint density at radius 2 is 2.08 bits per heavy atom. The number of hydrogen-bond donors (Lipinski definition) is 1. The van der Waals surface area contributed by atoms with E-state index in [9.17, 15) is 14.7 Å². The predicted molar refractivity (Wildman–Crippen MR) is 94.3 cm³/mol. The van der Waals surface area contributed by atoms with Crippen molar-refractivity contribution in [3.8, 4) is 0 Å². The molecule has 1 aliphatic rings. The molecule has 124 valence electrons. The van der Waals surface area contributed by atoms with Crippen LogP contribution in [0.3, 0.4) is 0 Å². The van der Waals surface area contributed by atoms with Gasteiger partial charge >= 0.3 is 5.97 Å². The number of rotatable bonds is 5. The van der Waals surface area contributed by atoms with Crippen molar-refractivity contribution in [1.29, 1.82) is 0 Å². The third kappa shape index (κ3) is 2.82. The van der Waals surface area contributed by atoms with Gasteiger partial charge in [0.2, 0.25) is 5.43 Å². The van der Waals surface area contributed by atoms with Gasteiger partial charge in [0, 0.05) is 24.8 Å². The van der Waals surface area contributed by atoms with E-state index in [2.05, 4.69) is 23.0 Å². The summed E-state index contributed by atoms with van der Waals surface area (Å²) in [6, 6.07) is 1.85. The minimum Gasteiger partial charge on any atom is -0.480 e. The zero-order chi connectivity index (χ0) is 17.3. The molecule has 0 saturated carbocycles. The number of nitrogens with zero attached hydrogens (tertiary/aromatic N) is 3. The molecule has 0 aromatic carbocycles. The molecule has 1 fully saturated rings. The first kappa shape index (κ1) is 16.0. The lowest BCUT2D eigenvalue weighted by Gasteiger charge is -2.19. The smallest absolute Gasteiger partial charge is 0.323 e. The highest BCUT2D eigenvalue weighted by molar-refractivity contribution is 5.84. The van der Waals surface area contributed by atoms with Gasteiger partial charge in [0.25, 0.3) is 0 Å². The highest BCUT2D eigenvalue weighted by Gasteiger charge is 2.17. The molecule has 0 bridgehead atoms. The second-order valence-electron chi connectivity index (χ2n) is 5.88. The molecule has 3 rings (SSSR count). The number of carboxylic acid groups (broad SMARTS) is 1. The number of carboxylic acids is 1. The molecule has 2 aromatic heterocycles. The first-order valence-electron chi connectivity index (χ1n) is 7.83. The van der Waals surface area contributed by atoms with E-state index in [0.717, 1.165) is 31.6 Å². The fourth-order valence-corrected chi connectivity index (χ4v) is 3.01. The highest BCUT2D eigenvalue weighted by atomic mass is 16.4. The van der Waals surface area contributed by atoms with E-state index in [4.69, 9.17) is 0 Å². The summed E-state index contributed by atoms with van der Waals surface area (Å²) in [5.41, 5.74) is 2.19. The Bertz CT molecular complexity index is 892. The maximum atomic E-state index is 12.7. The van der Waals surface area contributed by atoms with Gasteiger partial charge in [-0.2, -0.15) is 0 Å². The van der Waals surface area contributed by atoms with E-state index in [-0.39, 0.29) is 17.5 Å². The number of carbonyl (C=O) groups is 1. The topological polar surface area (TPSA) is 75.4 Å². The van der Waals surface area contributed by atoms with E-state index in [1.165, 1.54) is 16.8 Å². The average Bonchev–Trinajstić information content (AvgIpc) is 3.10. The summed E-state index contributed by atoms with van der Waals surface area (Å²) < 4.78 is 1.54. The van der Waals surface area contributed by atoms with Gasteiger partial charge in [-0.25, -0.2) is 4.98 Å². The predicted octanol–water partition coefficient (Wildman–Crippen LogP) is 2.28. The second-order valence-corrected chi connectivity index (χ2v) is 5.88. The SMILES string of the molecule is C=CC(=C)c1cn(CC(=O)O)c2cc(N3CCCC3)cnc2c1=O. The maximum absolute atomic E-state index is 12.7. The Kier molecular flexibility index (Phi) is 4.20. The number of allylic oxidation sites excluding steroid dienone is 2. The van der Waals surface area contributed by atoms with Crippen LogP contribution in [0, 0.1) is 0 Å². The monoisotopic (exact) mass is 325 g/mol. The minimum atomic E-state index is -0.985. The molecular formula is C18H19N3O3. The third-order valence-electron chi connectivity index (χ3n) is 4.28. The van der Waals surface area contributed by atoms with E-state index in [1.807, 2.05) is 6.07 Å². The van der Waals surface area contributed by atoms with Crippen molar-refractivity contribution in [2.24, 2.45) is 0 Å². The van der Waals surface area contributed by atoms with Crippen LogP contribution in [-0.2, 0) is 11.3 Å². The summed E-state index contributed by atoms with van der Waals surface area (Å²) in [5.74, 6) is -0.985. The number of aliphatic carboxylic acids is 1. The van der Waals surface area contributed by atoms with Gasteiger partial charge in [0.1, 0.15) is 12.1 Å². The van der Waals surface area contributed by atoms with Crippen molar-refractivity contribution in [2.45, 2.75) is 19.4 Å². The number of anilines is 1. The molecular weight excluding hydrogens is 306 g/mol. The van der Waals surface area contributed by atoms with Crippen LogP contribution in [0.25, 0.3) is 16.6 Å². The van der Waals surface area contributed by atoms with Crippen molar-refractivity contribution in [2.75, 3.05) is 18.0 Å². The molecule has 1 N–H and O–H groups in total. The molecule has 0 radical (unpaired) electrons. The summed E-state index contributed by atoms with van der Waals surface area (Å²) >= 11 is 0.